The maximum Gasteiger partial charge on any atom is 0.260 e. The second-order valence-corrected chi connectivity index (χ2v) is 9.28. The number of para-hydroxylation sites is 1. The Bertz CT molecular complexity index is 1190. The predicted octanol–water partition coefficient (Wildman–Crippen LogP) is 2.81. The van der Waals surface area contributed by atoms with Crippen LogP contribution in [0.4, 0.5) is 5.95 Å². The number of aromatic hydroxyl groups is 1. The second kappa shape index (κ2) is 12.0. The topological polar surface area (TPSA) is 89.5 Å². The molecule has 0 atom stereocenters. The summed E-state index contributed by atoms with van der Waals surface area (Å²) in [5.74, 6) is 0.166. The highest BCUT2D eigenvalue weighted by Gasteiger charge is 2.23. The lowest BCUT2D eigenvalue weighted by molar-refractivity contribution is 0.0756. The minimum atomic E-state index is -0.271. The van der Waals surface area contributed by atoms with E-state index in [0.717, 1.165) is 6.42 Å². The Hall–Kier alpha value is -3.61. The predicted molar refractivity (Wildman–Crippen MR) is 139 cm³/mol. The van der Waals surface area contributed by atoms with E-state index >= 15 is 0 Å². The molecule has 2 N–H and O–H groups in total. The van der Waals surface area contributed by atoms with E-state index in [-0.39, 0.29) is 28.2 Å². The number of carbonyl (C=O) groups is 1. The number of phenols is 1. The molecule has 0 spiro atoms. The Morgan fingerprint density at radius 2 is 1.79 bits per heavy atom. The minimum absolute atomic E-state index is 0.0372. The molecule has 0 aliphatic rings. The number of aromatic amines is 1. The molecule has 1 heterocycles. The van der Waals surface area contributed by atoms with E-state index in [1.54, 1.807) is 47.4 Å². The number of anilines is 1. The summed E-state index contributed by atoms with van der Waals surface area (Å²) >= 11 is 0. The molecule has 182 valence electrons. The molecule has 7 heteroatoms. The number of nitrogens with zero attached hydrogens (tertiary/aromatic N) is 3. The molecule has 0 fully saturated rings. The van der Waals surface area contributed by atoms with Crippen LogP contribution in [0.25, 0.3) is 12.2 Å². The van der Waals surface area contributed by atoms with E-state index in [0.29, 0.717) is 42.7 Å². The van der Waals surface area contributed by atoms with Crippen molar-refractivity contribution in [2.45, 2.75) is 34.1 Å². The van der Waals surface area contributed by atoms with Crippen molar-refractivity contribution in [2.24, 2.45) is 5.41 Å². The van der Waals surface area contributed by atoms with Gasteiger partial charge in [-0.1, -0.05) is 65.1 Å². The molecule has 2 aromatic rings. The van der Waals surface area contributed by atoms with Gasteiger partial charge in [-0.15, -0.1) is 0 Å². The zero-order valence-electron chi connectivity index (χ0n) is 20.7. The number of aromatic nitrogens is 2. The molecule has 1 amide bonds. The normalized spacial score (nSPS) is 12.5. The van der Waals surface area contributed by atoms with Crippen LogP contribution in [0.15, 0.2) is 54.4 Å². The van der Waals surface area contributed by atoms with Gasteiger partial charge in [-0.25, -0.2) is 4.98 Å². The Morgan fingerprint density at radius 1 is 1.12 bits per heavy atom. The number of hydrogen-bond acceptors (Lipinski definition) is 5. The van der Waals surface area contributed by atoms with Crippen molar-refractivity contribution < 1.29 is 9.90 Å². The van der Waals surface area contributed by atoms with E-state index < -0.39 is 0 Å². The largest absolute Gasteiger partial charge is 0.507 e. The van der Waals surface area contributed by atoms with Crippen LogP contribution in [0.2, 0.25) is 0 Å². The average molecular weight is 465 g/mol. The molecule has 0 unspecified atom stereocenters. The number of amides is 1. The molecule has 1 aromatic carbocycles. The summed E-state index contributed by atoms with van der Waals surface area (Å²) in [6.45, 7) is 17.7. The number of phenolic OH excluding ortho intramolecular Hbond substituents is 1. The fourth-order valence-electron chi connectivity index (χ4n) is 3.64. The lowest BCUT2D eigenvalue weighted by atomic mass is 9.96. The van der Waals surface area contributed by atoms with Crippen molar-refractivity contribution in [1.82, 2.24) is 14.9 Å². The maximum absolute atomic E-state index is 13.1. The molecular formula is C27H36N4O3. The summed E-state index contributed by atoms with van der Waals surface area (Å²) in [5.41, 5.74) is -0.0889. The fraction of sp³-hybridized carbons (Fsp3) is 0.370. The van der Waals surface area contributed by atoms with Gasteiger partial charge in [0.25, 0.3) is 11.5 Å². The highest BCUT2D eigenvalue weighted by molar-refractivity contribution is 5.96. The Balaban J connectivity index is 2.45. The first kappa shape index (κ1) is 26.6. The standard InChI is InChI=1S/C27H36N4O3/c1-7-12-20-22(13-8-2)28-26(29-24(20)33)31(19-27(4,5)6)18-17-30(16-9-3)25(34)21-14-10-11-15-23(21)32/h7-8,10-15,32H,1-2,9,16-19H2,3-6H3,(H,28,29,33)/b20-12+,22-13+. The van der Waals surface area contributed by atoms with Crippen molar-refractivity contribution in [1.29, 1.82) is 0 Å². The molecule has 1 aromatic heterocycles. The van der Waals surface area contributed by atoms with Gasteiger partial charge in [0.15, 0.2) is 0 Å². The maximum atomic E-state index is 13.1. The van der Waals surface area contributed by atoms with Gasteiger partial charge in [-0.3, -0.25) is 14.6 Å². The van der Waals surface area contributed by atoms with Crippen LogP contribution in [0.1, 0.15) is 44.5 Å². The molecule has 0 bridgehead atoms. The van der Waals surface area contributed by atoms with Crippen molar-refractivity contribution >= 4 is 24.0 Å². The molecule has 34 heavy (non-hydrogen) atoms. The molecule has 7 nitrogen and oxygen atoms in total. The van der Waals surface area contributed by atoms with Gasteiger partial charge >= 0.3 is 0 Å². The lowest BCUT2D eigenvalue weighted by Gasteiger charge is -2.32. The van der Waals surface area contributed by atoms with E-state index in [1.165, 1.54) is 6.07 Å². The zero-order valence-corrected chi connectivity index (χ0v) is 20.7. The van der Waals surface area contributed by atoms with E-state index in [1.807, 2.05) is 11.8 Å². The summed E-state index contributed by atoms with van der Waals surface area (Å²) in [6, 6.07) is 6.56. The van der Waals surface area contributed by atoms with Crippen LogP contribution in [-0.4, -0.2) is 52.1 Å². The van der Waals surface area contributed by atoms with E-state index in [4.69, 9.17) is 0 Å². The third kappa shape index (κ3) is 7.20. The molecule has 0 saturated heterocycles. The summed E-state index contributed by atoms with van der Waals surface area (Å²) in [4.78, 5) is 37.3. The Morgan fingerprint density at radius 3 is 2.38 bits per heavy atom. The van der Waals surface area contributed by atoms with Crippen LogP contribution in [0, 0.1) is 5.41 Å². The molecular weight excluding hydrogens is 428 g/mol. The number of rotatable bonds is 10. The number of carbonyl (C=O) groups excluding carboxylic acids is 1. The van der Waals surface area contributed by atoms with Crippen molar-refractivity contribution in [3.8, 4) is 5.75 Å². The van der Waals surface area contributed by atoms with E-state index in [2.05, 4.69) is 43.9 Å². The van der Waals surface area contributed by atoms with Gasteiger partial charge in [0.1, 0.15) is 5.75 Å². The summed E-state index contributed by atoms with van der Waals surface area (Å²) in [6.07, 6.45) is 7.22. The van der Waals surface area contributed by atoms with Gasteiger partial charge in [0.2, 0.25) is 5.95 Å². The second-order valence-electron chi connectivity index (χ2n) is 9.28. The number of benzene rings is 1. The third-order valence-corrected chi connectivity index (χ3v) is 5.05. The van der Waals surface area contributed by atoms with E-state index in [9.17, 15) is 14.7 Å². The summed E-state index contributed by atoms with van der Waals surface area (Å²) in [5, 5.41) is 11.1. The van der Waals surface area contributed by atoms with Crippen molar-refractivity contribution in [2.75, 3.05) is 31.1 Å². The van der Waals surface area contributed by atoms with Crippen LogP contribution >= 0.6 is 0 Å². The number of nitrogens with one attached hydrogen (secondary N) is 1. The smallest absolute Gasteiger partial charge is 0.260 e. The summed E-state index contributed by atoms with van der Waals surface area (Å²) < 4.78 is 0. The van der Waals surface area contributed by atoms with Crippen LogP contribution in [0.3, 0.4) is 0 Å². The highest BCUT2D eigenvalue weighted by atomic mass is 16.3. The minimum Gasteiger partial charge on any atom is -0.507 e. The van der Waals surface area contributed by atoms with Gasteiger partial charge in [0.05, 0.1) is 16.1 Å². The first-order valence-electron chi connectivity index (χ1n) is 11.5. The third-order valence-electron chi connectivity index (χ3n) is 5.05. The molecule has 0 saturated carbocycles. The van der Waals surface area contributed by atoms with Crippen LogP contribution in [-0.2, 0) is 0 Å². The lowest BCUT2D eigenvalue weighted by Crippen LogP contribution is -2.48. The molecule has 0 aliphatic heterocycles. The van der Waals surface area contributed by atoms with Gasteiger partial charge < -0.3 is 14.9 Å². The summed E-state index contributed by atoms with van der Waals surface area (Å²) in [7, 11) is 0. The molecule has 0 radical (unpaired) electrons. The first-order chi connectivity index (χ1) is 16.1. The number of H-pyrrole nitrogens is 1. The van der Waals surface area contributed by atoms with Crippen LogP contribution < -0.4 is 21.0 Å². The average Bonchev–Trinajstić information content (AvgIpc) is 2.77. The Kier molecular flexibility index (Phi) is 9.42. The van der Waals surface area contributed by atoms with Crippen LogP contribution in [0.5, 0.6) is 5.75 Å². The van der Waals surface area contributed by atoms with Gasteiger partial charge in [-0.2, -0.15) is 0 Å². The first-order valence-corrected chi connectivity index (χ1v) is 11.5. The molecule has 0 aliphatic carbocycles. The number of allylic oxidation sites excluding steroid dienone is 2. The Labute approximate surface area is 201 Å². The molecule has 2 rings (SSSR count). The van der Waals surface area contributed by atoms with Crippen molar-refractivity contribution in [3.05, 3.63) is 76.1 Å². The zero-order chi connectivity index (χ0) is 25.3. The van der Waals surface area contributed by atoms with Gasteiger partial charge in [0, 0.05) is 26.2 Å². The quantitative estimate of drug-likeness (QED) is 0.564. The monoisotopic (exact) mass is 464 g/mol. The highest BCUT2D eigenvalue weighted by Crippen LogP contribution is 2.20. The SMILES string of the molecule is C=C/C=c1/nc(N(CCN(CCC)C(=O)c2ccccc2O)CC(C)(C)C)[nH]c(=O)/c1=C/C=C. The number of hydrogen-bond donors (Lipinski definition) is 2. The van der Waals surface area contributed by atoms with Gasteiger partial charge in [-0.05, 0) is 36.1 Å². The van der Waals surface area contributed by atoms with Crippen molar-refractivity contribution in [3.63, 3.8) is 0 Å². The fourth-order valence-corrected chi connectivity index (χ4v) is 3.64.